The molecule has 18 heteroatoms. The third-order valence-corrected chi connectivity index (χ3v) is 10.9. The number of hydrogen-bond acceptors (Lipinski definition) is 11. The van der Waals surface area contributed by atoms with Gasteiger partial charge in [-0.25, -0.2) is 22.5 Å². The minimum Gasteiger partial charge on any atom is -0.490 e. The van der Waals surface area contributed by atoms with Crippen molar-refractivity contribution in [2.24, 2.45) is 0 Å². The maximum Gasteiger partial charge on any atom is 0.420 e. The summed E-state index contributed by atoms with van der Waals surface area (Å²) in [4.78, 5) is 15.1. The molecule has 4 atom stereocenters. The highest BCUT2D eigenvalue weighted by atomic mass is 32.1. The van der Waals surface area contributed by atoms with Gasteiger partial charge in [-0.3, -0.25) is 4.90 Å². The van der Waals surface area contributed by atoms with Crippen molar-refractivity contribution in [3.63, 3.8) is 0 Å². The van der Waals surface area contributed by atoms with E-state index in [4.69, 9.17) is 20.9 Å². The Morgan fingerprint density at radius 2 is 1.94 bits per heavy atom. The standard InChI is InChI=1S/C34H27F7N8O2S/c1-13(19-9-33(37,38)12-48(19)2)51-32-46-26-23-27(50-11-14-8-17-15(6-7-45-29(17)43)28(36)49(14)31(23)47-32)24(34(39,40)41)22(25(26)35)16-4-3-5-20-21(16)18(10-42)30(44)52-20/h3-7,13-14,19,28H,8-9,11-12,44H2,1-2H3,(H2,43,45)/t13?,14?,19-,28?/m0/s1. The molecular formula is C34H27F7N8O2S. The summed E-state index contributed by atoms with van der Waals surface area (Å²) < 4.78 is 121. The first-order chi connectivity index (χ1) is 24.6. The number of ether oxygens (including phenoxy) is 2. The van der Waals surface area contributed by atoms with E-state index in [0.717, 1.165) is 16.2 Å². The maximum absolute atomic E-state index is 17.3. The number of pyridine rings is 1. The van der Waals surface area contributed by atoms with Crippen LogP contribution in [0.1, 0.15) is 41.9 Å². The van der Waals surface area contributed by atoms with E-state index >= 15 is 22.0 Å². The second-order valence-corrected chi connectivity index (χ2v) is 14.2. The largest absolute Gasteiger partial charge is 0.490 e. The summed E-state index contributed by atoms with van der Waals surface area (Å²) in [5.74, 6) is -5.81. The van der Waals surface area contributed by atoms with Crippen molar-refractivity contribution in [1.29, 1.82) is 5.26 Å². The molecule has 10 nitrogen and oxygen atoms in total. The number of nitriles is 1. The lowest BCUT2D eigenvalue weighted by Crippen LogP contribution is -2.46. The van der Waals surface area contributed by atoms with Gasteiger partial charge in [0.1, 0.15) is 46.4 Å². The maximum atomic E-state index is 17.3. The molecule has 52 heavy (non-hydrogen) atoms. The smallest absolute Gasteiger partial charge is 0.420 e. The molecule has 4 N–H and O–H groups in total. The van der Waals surface area contributed by atoms with Crippen LogP contribution in [0.15, 0.2) is 30.5 Å². The molecule has 0 amide bonds. The Hall–Kier alpha value is -5.15. The van der Waals surface area contributed by atoms with Crippen LogP contribution in [0.4, 0.5) is 47.4 Å². The van der Waals surface area contributed by atoms with Gasteiger partial charge < -0.3 is 25.8 Å². The zero-order valence-corrected chi connectivity index (χ0v) is 28.0. The number of aromatic nitrogens is 3. The van der Waals surface area contributed by atoms with Gasteiger partial charge in [0, 0.05) is 45.8 Å². The molecule has 0 radical (unpaired) electrons. The molecular weight excluding hydrogens is 717 g/mol. The number of nitrogen functional groups attached to an aromatic ring is 2. The van der Waals surface area contributed by atoms with Crippen LogP contribution < -0.4 is 25.8 Å². The van der Waals surface area contributed by atoms with Crippen molar-refractivity contribution in [2.45, 2.75) is 56.3 Å². The van der Waals surface area contributed by atoms with Crippen molar-refractivity contribution in [3.05, 3.63) is 58.5 Å². The molecule has 3 aromatic heterocycles. The number of rotatable bonds is 4. The SMILES string of the molecule is CC(Oc1nc2c3c(c(C(F)(F)F)c(-c4cccc5sc(N)c(C#N)c45)c(F)c3n1)OCC1Cc3c(ccnc3N)C(F)N21)[C@@H]1CC(F)(F)CN1C. The van der Waals surface area contributed by atoms with Crippen LogP contribution in [0.2, 0.25) is 0 Å². The molecule has 3 aliphatic heterocycles. The van der Waals surface area contributed by atoms with Gasteiger partial charge in [-0.1, -0.05) is 12.1 Å². The number of likely N-dealkylation sites (tertiary alicyclic amines) is 1. The zero-order chi connectivity index (χ0) is 37.0. The highest BCUT2D eigenvalue weighted by Crippen LogP contribution is 2.55. The molecule has 5 aromatic rings. The number of nitrogens with zero attached hydrogens (tertiary/aromatic N) is 6. The Morgan fingerprint density at radius 3 is 2.63 bits per heavy atom. The first-order valence-electron chi connectivity index (χ1n) is 16.0. The Balaban J connectivity index is 1.43. The van der Waals surface area contributed by atoms with E-state index in [1.807, 2.05) is 6.07 Å². The number of hydrogen-bond donors (Lipinski definition) is 2. The molecule has 3 unspecified atom stereocenters. The number of benzene rings is 2. The van der Waals surface area contributed by atoms with Crippen molar-refractivity contribution < 1.29 is 40.2 Å². The summed E-state index contributed by atoms with van der Waals surface area (Å²) in [5.41, 5.74) is 8.85. The van der Waals surface area contributed by atoms with Crippen LogP contribution in [0, 0.1) is 17.1 Å². The first kappa shape index (κ1) is 34.0. The minimum atomic E-state index is -5.27. The van der Waals surface area contributed by atoms with E-state index < -0.39 is 102 Å². The molecule has 0 spiro atoms. The fourth-order valence-corrected chi connectivity index (χ4v) is 8.62. The summed E-state index contributed by atoms with van der Waals surface area (Å²) >= 11 is 0.946. The third-order valence-electron chi connectivity index (χ3n) is 9.92. The normalized spacial score (nSPS) is 21.7. The van der Waals surface area contributed by atoms with Crippen LogP contribution in [-0.4, -0.2) is 64.2 Å². The average molecular weight is 745 g/mol. The average Bonchev–Trinajstić information content (AvgIpc) is 3.50. The number of halogens is 7. The number of likely N-dealkylation sites (N-methyl/N-ethyl adjacent to an activating group) is 1. The second kappa shape index (κ2) is 11.7. The third kappa shape index (κ3) is 5.11. The summed E-state index contributed by atoms with van der Waals surface area (Å²) in [6, 6.07) is 4.98. The first-order valence-corrected chi connectivity index (χ1v) is 16.8. The van der Waals surface area contributed by atoms with E-state index in [-0.39, 0.29) is 39.3 Å². The van der Waals surface area contributed by atoms with E-state index in [1.165, 1.54) is 49.3 Å². The number of thiophene rings is 1. The van der Waals surface area contributed by atoms with Crippen molar-refractivity contribution in [1.82, 2.24) is 19.9 Å². The summed E-state index contributed by atoms with van der Waals surface area (Å²) in [6.45, 7) is 0.408. The molecule has 270 valence electrons. The highest BCUT2D eigenvalue weighted by Gasteiger charge is 2.48. The molecule has 1 fully saturated rings. The topological polar surface area (TPSA) is 139 Å². The van der Waals surface area contributed by atoms with Crippen LogP contribution in [0.3, 0.4) is 0 Å². The van der Waals surface area contributed by atoms with Gasteiger partial charge >= 0.3 is 12.2 Å². The lowest BCUT2D eigenvalue weighted by atomic mass is 9.91. The van der Waals surface area contributed by atoms with Gasteiger partial charge in [0.25, 0.3) is 5.92 Å². The lowest BCUT2D eigenvalue weighted by Gasteiger charge is -2.39. The Labute approximate surface area is 294 Å². The van der Waals surface area contributed by atoms with E-state index in [0.29, 0.717) is 10.3 Å². The van der Waals surface area contributed by atoms with Crippen molar-refractivity contribution >= 4 is 49.0 Å². The van der Waals surface area contributed by atoms with Gasteiger partial charge in [0.2, 0.25) is 0 Å². The van der Waals surface area contributed by atoms with Crippen LogP contribution >= 0.6 is 11.3 Å². The highest BCUT2D eigenvalue weighted by molar-refractivity contribution is 7.23. The van der Waals surface area contributed by atoms with E-state index in [9.17, 15) is 14.0 Å². The van der Waals surface area contributed by atoms with Crippen LogP contribution in [0.25, 0.3) is 32.1 Å². The number of fused-ring (bicyclic) bond motifs is 4. The molecule has 0 saturated carbocycles. The Kier molecular flexibility index (Phi) is 7.63. The molecule has 0 aliphatic carbocycles. The van der Waals surface area contributed by atoms with Gasteiger partial charge in [0.15, 0.2) is 17.9 Å². The Morgan fingerprint density at radius 1 is 1.17 bits per heavy atom. The Bertz CT molecular complexity index is 2350. The van der Waals surface area contributed by atoms with E-state index in [2.05, 4.69) is 15.0 Å². The molecule has 0 bridgehead atoms. The number of anilines is 3. The predicted molar refractivity (Wildman–Crippen MR) is 178 cm³/mol. The minimum absolute atomic E-state index is 0.0127. The van der Waals surface area contributed by atoms with Gasteiger partial charge in [-0.05, 0) is 31.7 Å². The molecule has 3 aliphatic rings. The van der Waals surface area contributed by atoms with Crippen molar-refractivity contribution in [3.8, 4) is 29.0 Å². The van der Waals surface area contributed by atoms with Crippen LogP contribution in [0.5, 0.6) is 11.8 Å². The van der Waals surface area contributed by atoms with Crippen molar-refractivity contribution in [2.75, 3.05) is 36.6 Å². The number of alkyl halides is 6. The molecule has 1 saturated heterocycles. The molecule has 2 aromatic carbocycles. The van der Waals surface area contributed by atoms with Gasteiger partial charge in [-0.2, -0.15) is 28.4 Å². The predicted octanol–water partition coefficient (Wildman–Crippen LogP) is 7.00. The lowest BCUT2D eigenvalue weighted by molar-refractivity contribution is -0.138. The molecule has 8 rings (SSSR count). The zero-order valence-electron chi connectivity index (χ0n) is 27.2. The van der Waals surface area contributed by atoms with Crippen LogP contribution in [-0.2, 0) is 12.6 Å². The number of nitrogens with two attached hydrogens (primary N) is 2. The monoisotopic (exact) mass is 744 g/mol. The summed E-state index contributed by atoms with van der Waals surface area (Å²) in [6.07, 6.45) is -7.67. The quantitative estimate of drug-likeness (QED) is 0.146. The summed E-state index contributed by atoms with van der Waals surface area (Å²) in [5, 5.41) is 9.35. The molecule has 6 heterocycles. The summed E-state index contributed by atoms with van der Waals surface area (Å²) in [7, 11) is 1.48. The van der Waals surface area contributed by atoms with Gasteiger partial charge in [0.05, 0.1) is 29.6 Å². The fourth-order valence-electron chi connectivity index (χ4n) is 7.67. The fraction of sp³-hybridized carbons (Fsp3) is 0.353. The van der Waals surface area contributed by atoms with Gasteiger partial charge in [-0.15, -0.1) is 11.3 Å². The van der Waals surface area contributed by atoms with E-state index in [1.54, 1.807) is 0 Å². The second-order valence-electron chi connectivity index (χ2n) is 13.1.